The molecule has 0 aromatic heterocycles. The Labute approximate surface area is 180 Å². The van der Waals surface area contributed by atoms with E-state index < -0.39 is 0 Å². The van der Waals surface area contributed by atoms with Crippen molar-refractivity contribution in [2.75, 3.05) is 0 Å². The Morgan fingerprint density at radius 1 is 1.03 bits per heavy atom. The molecule has 1 unspecified atom stereocenters. The monoisotopic (exact) mass is 401 g/mol. The van der Waals surface area contributed by atoms with Gasteiger partial charge in [-0.1, -0.05) is 65.5 Å². The smallest absolute Gasteiger partial charge is 0.0824 e. The van der Waals surface area contributed by atoms with Crippen molar-refractivity contribution in [2.24, 2.45) is 52.2 Å². The molecule has 2 nitrogen and oxygen atoms in total. The third kappa shape index (κ3) is 3.75. The third-order valence-corrected chi connectivity index (χ3v) is 10.5. The SMILES string of the molecule is CC(C)CCC[C@@H](C)[C@H]1CC[C@H]2[C@@H]3CC=C4CC(ON)CC[C@]4(C)[C@H]3CC[C@]12C. The van der Waals surface area contributed by atoms with Gasteiger partial charge in [-0.3, -0.25) is 0 Å². The first-order chi connectivity index (χ1) is 13.8. The molecule has 0 aromatic carbocycles. The van der Waals surface area contributed by atoms with Crippen molar-refractivity contribution >= 4 is 0 Å². The highest BCUT2D eigenvalue weighted by atomic mass is 16.6. The molecule has 4 rings (SSSR count). The van der Waals surface area contributed by atoms with E-state index in [-0.39, 0.29) is 6.10 Å². The maximum absolute atomic E-state index is 5.55. The van der Waals surface area contributed by atoms with Crippen molar-refractivity contribution < 1.29 is 4.84 Å². The zero-order valence-electron chi connectivity index (χ0n) is 19.9. The van der Waals surface area contributed by atoms with Crippen LogP contribution in [0.4, 0.5) is 0 Å². The second-order valence-electron chi connectivity index (χ2n) is 12.3. The Bertz CT molecular complexity index is 612. The summed E-state index contributed by atoms with van der Waals surface area (Å²) >= 11 is 0. The molecular weight excluding hydrogens is 354 g/mol. The lowest BCUT2D eigenvalue weighted by Gasteiger charge is -2.58. The fourth-order valence-electron chi connectivity index (χ4n) is 8.77. The van der Waals surface area contributed by atoms with Crippen molar-refractivity contribution in [2.45, 2.75) is 111 Å². The van der Waals surface area contributed by atoms with Gasteiger partial charge in [0.05, 0.1) is 6.10 Å². The summed E-state index contributed by atoms with van der Waals surface area (Å²) in [6, 6.07) is 0. The van der Waals surface area contributed by atoms with Gasteiger partial charge in [0.25, 0.3) is 0 Å². The van der Waals surface area contributed by atoms with Gasteiger partial charge >= 0.3 is 0 Å². The minimum Gasteiger partial charge on any atom is -0.301 e. The molecule has 0 heterocycles. The molecule has 3 fully saturated rings. The quantitative estimate of drug-likeness (QED) is 0.375. The Morgan fingerprint density at radius 3 is 2.55 bits per heavy atom. The minimum absolute atomic E-state index is 0.252. The summed E-state index contributed by atoms with van der Waals surface area (Å²) in [4.78, 5) is 5.25. The molecule has 3 saturated carbocycles. The van der Waals surface area contributed by atoms with Crippen LogP contribution in [0.25, 0.3) is 0 Å². The van der Waals surface area contributed by atoms with Crippen molar-refractivity contribution in [1.29, 1.82) is 0 Å². The standard InChI is InChI=1S/C27H47NO/c1-18(2)7-6-8-19(3)23-11-12-24-22-10-9-20-17-21(29-28)13-15-26(20,4)25(22)14-16-27(23,24)5/h9,18-19,21-25H,6-8,10-17,28H2,1-5H3/t19-,21?,22+,23-,24+,25+,26+,27-/m1/s1. The van der Waals surface area contributed by atoms with Crippen molar-refractivity contribution in [3.63, 3.8) is 0 Å². The first-order valence-corrected chi connectivity index (χ1v) is 12.8. The fraction of sp³-hybridized carbons (Fsp3) is 0.926. The predicted octanol–water partition coefficient (Wildman–Crippen LogP) is 7.29. The Hall–Kier alpha value is -0.340. The van der Waals surface area contributed by atoms with Crippen LogP contribution in [-0.4, -0.2) is 6.10 Å². The van der Waals surface area contributed by atoms with Gasteiger partial charge in [-0.25, -0.2) is 5.90 Å². The number of nitrogens with two attached hydrogens (primary N) is 1. The van der Waals surface area contributed by atoms with E-state index in [9.17, 15) is 0 Å². The average molecular weight is 402 g/mol. The van der Waals surface area contributed by atoms with Crippen molar-refractivity contribution in [1.82, 2.24) is 0 Å². The van der Waals surface area contributed by atoms with E-state index >= 15 is 0 Å². The van der Waals surface area contributed by atoms with Crippen LogP contribution in [0, 0.1) is 46.3 Å². The summed E-state index contributed by atoms with van der Waals surface area (Å²) in [6.07, 6.45) is 17.9. The fourth-order valence-corrected chi connectivity index (χ4v) is 8.77. The molecule has 4 aliphatic carbocycles. The molecule has 0 amide bonds. The zero-order chi connectivity index (χ0) is 20.8. The van der Waals surface area contributed by atoms with Gasteiger partial charge in [-0.15, -0.1) is 0 Å². The number of hydrogen-bond acceptors (Lipinski definition) is 2. The molecule has 166 valence electrons. The Morgan fingerprint density at radius 2 is 1.83 bits per heavy atom. The number of rotatable bonds is 6. The van der Waals surface area contributed by atoms with E-state index in [4.69, 9.17) is 10.7 Å². The van der Waals surface area contributed by atoms with Crippen LogP contribution >= 0.6 is 0 Å². The topological polar surface area (TPSA) is 35.2 Å². The molecule has 0 aliphatic heterocycles. The van der Waals surface area contributed by atoms with E-state index in [0.29, 0.717) is 10.8 Å². The van der Waals surface area contributed by atoms with Gasteiger partial charge in [0.2, 0.25) is 0 Å². The Balaban J connectivity index is 1.48. The highest BCUT2D eigenvalue weighted by Crippen LogP contribution is 2.67. The Kier molecular flexibility index (Phi) is 6.26. The highest BCUT2D eigenvalue weighted by Gasteiger charge is 2.59. The van der Waals surface area contributed by atoms with Crippen LogP contribution in [0.15, 0.2) is 11.6 Å². The van der Waals surface area contributed by atoms with E-state index in [1.165, 1.54) is 57.8 Å². The van der Waals surface area contributed by atoms with Crippen LogP contribution in [0.3, 0.4) is 0 Å². The second kappa shape index (κ2) is 8.30. The van der Waals surface area contributed by atoms with Crippen molar-refractivity contribution in [3.05, 3.63) is 11.6 Å². The van der Waals surface area contributed by atoms with Crippen molar-refractivity contribution in [3.8, 4) is 0 Å². The van der Waals surface area contributed by atoms with Gasteiger partial charge in [0.1, 0.15) is 0 Å². The molecule has 0 aromatic rings. The first-order valence-electron chi connectivity index (χ1n) is 12.8. The third-order valence-electron chi connectivity index (χ3n) is 10.5. The maximum Gasteiger partial charge on any atom is 0.0824 e. The number of fused-ring (bicyclic) bond motifs is 5. The zero-order valence-corrected chi connectivity index (χ0v) is 19.9. The lowest BCUT2D eigenvalue weighted by molar-refractivity contribution is -0.0643. The summed E-state index contributed by atoms with van der Waals surface area (Å²) in [7, 11) is 0. The molecule has 2 N–H and O–H groups in total. The maximum atomic E-state index is 5.55. The van der Waals surface area contributed by atoms with E-state index in [0.717, 1.165) is 48.3 Å². The van der Waals surface area contributed by atoms with Crippen LogP contribution in [0.1, 0.15) is 105 Å². The van der Waals surface area contributed by atoms with Gasteiger partial charge in [-0.05, 0) is 97.7 Å². The largest absolute Gasteiger partial charge is 0.301 e. The lowest BCUT2D eigenvalue weighted by Crippen LogP contribution is -2.51. The summed E-state index contributed by atoms with van der Waals surface area (Å²) in [5.74, 6) is 11.0. The van der Waals surface area contributed by atoms with Gasteiger partial charge < -0.3 is 4.84 Å². The number of hydrogen-bond donors (Lipinski definition) is 1. The second-order valence-corrected chi connectivity index (χ2v) is 12.3. The minimum atomic E-state index is 0.252. The van der Waals surface area contributed by atoms with Crippen LogP contribution in [0.5, 0.6) is 0 Å². The lowest BCUT2D eigenvalue weighted by atomic mass is 9.47. The molecule has 0 bridgehead atoms. The molecule has 29 heavy (non-hydrogen) atoms. The predicted molar refractivity (Wildman–Crippen MR) is 122 cm³/mol. The van der Waals surface area contributed by atoms with E-state index in [2.05, 4.69) is 40.7 Å². The molecule has 2 heteroatoms. The summed E-state index contributed by atoms with van der Waals surface area (Å²) in [6.45, 7) is 12.6. The summed E-state index contributed by atoms with van der Waals surface area (Å²) in [5.41, 5.74) is 2.69. The first kappa shape index (κ1) is 21.9. The molecule has 8 atom stereocenters. The summed E-state index contributed by atoms with van der Waals surface area (Å²) in [5, 5.41) is 0. The highest BCUT2D eigenvalue weighted by molar-refractivity contribution is 5.25. The normalized spacial score (nSPS) is 45.3. The van der Waals surface area contributed by atoms with Gasteiger partial charge in [-0.2, -0.15) is 0 Å². The van der Waals surface area contributed by atoms with E-state index in [1.807, 2.05) is 0 Å². The van der Waals surface area contributed by atoms with Crippen LogP contribution in [0.2, 0.25) is 0 Å². The molecular formula is C27H47NO. The van der Waals surface area contributed by atoms with E-state index in [1.54, 1.807) is 5.57 Å². The summed E-state index contributed by atoms with van der Waals surface area (Å²) < 4.78 is 0. The molecule has 4 aliphatic rings. The van der Waals surface area contributed by atoms with Crippen LogP contribution in [-0.2, 0) is 4.84 Å². The average Bonchev–Trinajstić information content (AvgIpc) is 3.04. The molecule has 0 radical (unpaired) electrons. The molecule has 0 saturated heterocycles. The van der Waals surface area contributed by atoms with Crippen LogP contribution < -0.4 is 5.90 Å². The molecule has 0 spiro atoms. The number of allylic oxidation sites excluding steroid dienone is 1. The van der Waals surface area contributed by atoms with Gasteiger partial charge in [0.15, 0.2) is 0 Å². The van der Waals surface area contributed by atoms with Gasteiger partial charge in [0, 0.05) is 0 Å².